The first-order valence-electron chi connectivity index (χ1n) is 10.2. The summed E-state index contributed by atoms with van der Waals surface area (Å²) in [4.78, 5) is 16.0. The van der Waals surface area contributed by atoms with Gasteiger partial charge in [0.05, 0.1) is 5.52 Å². The van der Waals surface area contributed by atoms with E-state index in [1.54, 1.807) is 6.33 Å². The van der Waals surface area contributed by atoms with E-state index in [4.69, 9.17) is 0 Å². The maximum Gasteiger partial charge on any atom is 0.137 e. The first-order valence-corrected chi connectivity index (χ1v) is 11.3. The lowest BCUT2D eigenvalue weighted by molar-refractivity contribution is 0.837. The Morgan fingerprint density at radius 1 is 0.867 bits per heavy atom. The minimum atomic E-state index is 0.676. The summed E-state index contributed by atoms with van der Waals surface area (Å²) >= 11 is 2.01. The number of nitrogens with zero attached hydrogens (tertiary/aromatic N) is 4. The number of benzene rings is 2. The molecule has 0 bridgehead atoms. The quantitative estimate of drug-likeness (QED) is 0.504. The van der Waals surface area contributed by atoms with E-state index in [9.17, 15) is 0 Å². The highest BCUT2D eigenvalue weighted by Gasteiger charge is 2.12. The smallest absolute Gasteiger partial charge is 0.137 e. The molecule has 1 saturated heterocycles. The first kappa shape index (κ1) is 18.9. The predicted octanol–water partition coefficient (Wildman–Crippen LogP) is 4.86. The molecule has 3 heterocycles. The van der Waals surface area contributed by atoms with Crippen LogP contribution in [0.4, 0.5) is 11.6 Å². The Morgan fingerprint density at radius 2 is 1.73 bits per heavy atom. The molecule has 1 N–H and O–H groups in total. The third-order valence-corrected chi connectivity index (χ3v) is 6.29. The molecule has 5 nitrogen and oxygen atoms in total. The van der Waals surface area contributed by atoms with Gasteiger partial charge in [0.2, 0.25) is 0 Å². The van der Waals surface area contributed by atoms with Gasteiger partial charge in [-0.1, -0.05) is 42.5 Å². The first-order chi connectivity index (χ1) is 14.9. The van der Waals surface area contributed by atoms with Crippen LogP contribution in [0, 0.1) is 0 Å². The molecule has 1 fully saturated rings. The van der Waals surface area contributed by atoms with Crippen molar-refractivity contribution < 1.29 is 0 Å². The molecule has 0 aliphatic carbocycles. The van der Waals surface area contributed by atoms with Gasteiger partial charge >= 0.3 is 0 Å². The molecular formula is C24H23N5S. The molecule has 4 aromatic rings. The number of rotatable bonds is 5. The van der Waals surface area contributed by atoms with E-state index >= 15 is 0 Å². The van der Waals surface area contributed by atoms with Gasteiger partial charge in [0.25, 0.3) is 0 Å². The lowest BCUT2D eigenvalue weighted by atomic mass is 10.0. The van der Waals surface area contributed by atoms with Crippen molar-refractivity contribution in [3.8, 4) is 11.1 Å². The average Bonchev–Trinajstić information content (AvgIpc) is 2.84. The van der Waals surface area contributed by atoms with Gasteiger partial charge < -0.3 is 10.2 Å². The van der Waals surface area contributed by atoms with Gasteiger partial charge in [0.15, 0.2) is 0 Å². The highest BCUT2D eigenvalue weighted by atomic mass is 32.2. The van der Waals surface area contributed by atoms with E-state index < -0.39 is 0 Å². The fourth-order valence-corrected chi connectivity index (χ4v) is 4.60. The molecule has 0 amide bonds. The SMILES string of the molecule is c1ccc(-c2ccc3c(NCc4ccc(N5CCSCC5)nc4)ncnc3c2)cc1. The standard InChI is InChI=1S/C24H23N5S/c1-2-4-19(5-3-1)20-7-8-21-22(14-20)27-17-28-24(21)26-16-18-6-9-23(25-15-18)29-10-12-30-13-11-29/h1-9,14-15,17H,10-13,16H2,(H,26,27,28). The Kier molecular flexibility index (Phi) is 5.48. The molecular weight excluding hydrogens is 390 g/mol. The maximum atomic E-state index is 4.67. The third kappa shape index (κ3) is 4.09. The lowest BCUT2D eigenvalue weighted by Gasteiger charge is -2.27. The Labute approximate surface area is 180 Å². The summed E-state index contributed by atoms with van der Waals surface area (Å²) in [6.45, 7) is 2.83. The largest absolute Gasteiger partial charge is 0.365 e. The van der Waals surface area contributed by atoms with E-state index in [-0.39, 0.29) is 0 Å². The monoisotopic (exact) mass is 413 g/mol. The predicted molar refractivity (Wildman–Crippen MR) is 126 cm³/mol. The summed E-state index contributed by atoms with van der Waals surface area (Å²) in [7, 11) is 0. The molecule has 30 heavy (non-hydrogen) atoms. The fourth-order valence-electron chi connectivity index (χ4n) is 3.69. The van der Waals surface area contributed by atoms with Crippen molar-refractivity contribution in [1.82, 2.24) is 15.0 Å². The molecule has 5 rings (SSSR count). The molecule has 0 unspecified atom stereocenters. The van der Waals surface area contributed by atoms with Gasteiger partial charge in [-0.15, -0.1) is 0 Å². The minimum Gasteiger partial charge on any atom is -0.365 e. The van der Waals surface area contributed by atoms with Crippen molar-refractivity contribution >= 4 is 34.3 Å². The van der Waals surface area contributed by atoms with Gasteiger partial charge in [-0.3, -0.25) is 0 Å². The molecule has 150 valence electrons. The Balaban J connectivity index is 1.31. The fraction of sp³-hybridized carbons (Fsp3) is 0.208. The van der Waals surface area contributed by atoms with E-state index in [2.05, 4.69) is 79.8 Å². The van der Waals surface area contributed by atoms with Crippen LogP contribution < -0.4 is 10.2 Å². The van der Waals surface area contributed by atoms with Gasteiger partial charge in [-0.25, -0.2) is 15.0 Å². The summed E-state index contributed by atoms with van der Waals surface area (Å²) in [6.07, 6.45) is 3.58. The van der Waals surface area contributed by atoms with E-state index in [0.717, 1.165) is 46.8 Å². The number of thioether (sulfide) groups is 1. The topological polar surface area (TPSA) is 53.9 Å². The average molecular weight is 414 g/mol. The van der Waals surface area contributed by atoms with Crippen molar-refractivity contribution in [1.29, 1.82) is 0 Å². The summed E-state index contributed by atoms with van der Waals surface area (Å²) < 4.78 is 0. The Hall–Kier alpha value is -3.12. The van der Waals surface area contributed by atoms with E-state index in [1.807, 2.05) is 24.0 Å². The molecule has 2 aromatic heterocycles. The summed E-state index contributed by atoms with van der Waals surface area (Å²) in [5, 5.41) is 4.48. The normalized spacial score (nSPS) is 14.1. The lowest BCUT2D eigenvalue weighted by Crippen LogP contribution is -2.33. The van der Waals surface area contributed by atoms with Crippen LogP contribution in [0.15, 0.2) is 73.2 Å². The number of hydrogen-bond acceptors (Lipinski definition) is 6. The molecule has 6 heteroatoms. The van der Waals surface area contributed by atoms with Crippen LogP contribution in [-0.2, 0) is 6.54 Å². The van der Waals surface area contributed by atoms with Crippen molar-refractivity contribution in [2.45, 2.75) is 6.54 Å². The van der Waals surface area contributed by atoms with Gasteiger partial charge in [0.1, 0.15) is 18.0 Å². The van der Waals surface area contributed by atoms with Gasteiger partial charge in [-0.05, 0) is 34.9 Å². The van der Waals surface area contributed by atoms with E-state index in [0.29, 0.717) is 6.54 Å². The zero-order valence-electron chi connectivity index (χ0n) is 16.7. The maximum absolute atomic E-state index is 4.67. The van der Waals surface area contributed by atoms with Crippen LogP contribution in [0.2, 0.25) is 0 Å². The Bertz CT molecular complexity index is 1130. The molecule has 2 aromatic carbocycles. The van der Waals surface area contributed by atoms with Gasteiger partial charge in [-0.2, -0.15) is 11.8 Å². The number of nitrogens with one attached hydrogen (secondary N) is 1. The van der Waals surface area contributed by atoms with Crippen LogP contribution in [0.5, 0.6) is 0 Å². The number of anilines is 2. The molecule has 0 atom stereocenters. The zero-order chi connectivity index (χ0) is 20.2. The number of pyridine rings is 1. The second kappa shape index (κ2) is 8.71. The molecule has 0 spiro atoms. The second-order valence-corrected chi connectivity index (χ2v) is 8.52. The van der Waals surface area contributed by atoms with Crippen LogP contribution in [0.1, 0.15) is 5.56 Å². The number of hydrogen-bond donors (Lipinski definition) is 1. The van der Waals surface area contributed by atoms with Crippen LogP contribution in [0.3, 0.4) is 0 Å². The number of fused-ring (bicyclic) bond motifs is 1. The van der Waals surface area contributed by atoms with Crippen LogP contribution in [-0.4, -0.2) is 39.5 Å². The summed E-state index contributed by atoms with van der Waals surface area (Å²) in [5.74, 6) is 4.27. The van der Waals surface area contributed by atoms with Crippen molar-refractivity contribution in [3.05, 3.63) is 78.8 Å². The van der Waals surface area contributed by atoms with Crippen LogP contribution in [0.25, 0.3) is 22.0 Å². The Morgan fingerprint density at radius 3 is 2.53 bits per heavy atom. The molecule has 1 aliphatic heterocycles. The molecule has 0 radical (unpaired) electrons. The minimum absolute atomic E-state index is 0.676. The van der Waals surface area contributed by atoms with Crippen molar-refractivity contribution in [2.24, 2.45) is 0 Å². The van der Waals surface area contributed by atoms with Gasteiger partial charge in [0, 0.05) is 42.7 Å². The zero-order valence-corrected chi connectivity index (χ0v) is 17.5. The molecule has 0 saturated carbocycles. The number of aromatic nitrogens is 3. The van der Waals surface area contributed by atoms with Crippen molar-refractivity contribution in [3.63, 3.8) is 0 Å². The summed E-state index contributed by atoms with van der Waals surface area (Å²) in [5.41, 5.74) is 4.41. The van der Waals surface area contributed by atoms with E-state index in [1.165, 1.54) is 17.1 Å². The third-order valence-electron chi connectivity index (χ3n) is 5.35. The van der Waals surface area contributed by atoms with Crippen molar-refractivity contribution in [2.75, 3.05) is 34.8 Å². The second-order valence-electron chi connectivity index (χ2n) is 7.30. The molecule has 1 aliphatic rings. The van der Waals surface area contributed by atoms with Crippen LogP contribution >= 0.6 is 11.8 Å². The highest BCUT2D eigenvalue weighted by Crippen LogP contribution is 2.26. The highest BCUT2D eigenvalue weighted by molar-refractivity contribution is 7.99. The summed E-state index contributed by atoms with van der Waals surface area (Å²) in [6, 6.07) is 21.0.